The molecule has 0 bridgehead atoms. The summed E-state index contributed by atoms with van der Waals surface area (Å²) in [6.45, 7) is 3.42. The van der Waals surface area contributed by atoms with Crippen molar-refractivity contribution in [3.8, 4) is 0 Å². The average molecular weight is 301 g/mol. The van der Waals surface area contributed by atoms with E-state index in [1.54, 1.807) is 23.1 Å². The molecule has 1 aromatic rings. The number of likely N-dealkylation sites (tertiary alicyclic amines) is 1. The summed E-state index contributed by atoms with van der Waals surface area (Å²) in [6.07, 6.45) is 5.65. The SMILES string of the molecule is CSc1nnc(CN2CCCCC2C2OCCO2)s1. The average Bonchev–Trinajstić information content (AvgIpc) is 3.10. The van der Waals surface area contributed by atoms with E-state index in [9.17, 15) is 0 Å². The van der Waals surface area contributed by atoms with Gasteiger partial charge in [-0.15, -0.1) is 10.2 Å². The molecule has 1 aromatic heterocycles. The Kier molecular flexibility index (Phi) is 4.70. The summed E-state index contributed by atoms with van der Waals surface area (Å²) in [7, 11) is 0. The van der Waals surface area contributed by atoms with Gasteiger partial charge in [0, 0.05) is 0 Å². The summed E-state index contributed by atoms with van der Waals surface area (Å²) < 4.78 is 12.4. The van der Waals surface area contributed by atoms with Crippen molar-refractivity contribution in [1.29, 1.82) is 0 Å². The highest BCUT2D eigenvalue weighted by Crippen LogP contribution is 2.27. The van der Waals surface area contributed by atoms with E-state index in [1.165, 1.54) is 12.8 Å². The van der Waals surface area contributed by atoms with Gasteiger partial charge in [-0.3, -0.25) is 4.90 Å². The second-order valence-electron chi connectivity index (χ2n) is 4.81. The van der Waals surface area contributed by atoms with E-state index in [1.807, 2.05) is 6.26 Å². The van der Waals surface area contributed by atoms with Crippen LogP contribution in [-0.2, 0) is 16.0 Å². The Balaban J connectivity index is 1.65. The third-order valence-electron chi connectivity index (χ3n) is 3.59. The molecule has 0 N–H and O–H groups in total. The molecule has 5 nitrogen and oxygen atoms in total. The van der Waals surface area contributed by atoms with Crippen molar-refractivity contribution >= 4 is 23.1 Å². The Bertz CT molecular complexity index is 409. The molecule has 0 spiro atoms. The molecule has 106 valence electrons. The summed E-state index contributed by atoms with van der Waals surface area (Å²) in [5.74, 6) is 0. The maximum absolute atomic E-state index is 5.69. The van der Waals surface area contributed by atoms with Crippen LogP contribution in [0.2, 0.25) is 0 Å². The number of piperidine rings is 1. The molecular formula is C12H19N3O2S2. The molecule has 2 saturated heterocycles. The fraction of sp³-hybridized carbons (Fsp3) is 0.833. The molecule has 0 aliphatic carbocycles. The van der Waals surface area contributed by atoms with Crippen LogP contribution in [0, 0.1) is 0 Å². The minimum absolute atomic E-state index is 0.0479. The zero-order chi connectivity index (χ0) is 13.1. The molecular weight excluding hydrogens is 282 g/mol. The Morgan fingerprint density at radius 1 is 1.32 bits per heavy atom. The predicted molar refractivity (Wildman–Crippen MR) is 75.4 cm³/mol. The largest absolute Gasteiger partial charge is 0.349 e. The maximum Gasteiger partial charge on any atom is 0.174 e. The number of thioether (sulfide) groups is 1. The molecule has 0 saturated carbocycles. The number of hydrogen-bond acceptors (Lipinski definition) is 7. The van der Waals surface area contributed by atoms with Crippen molar-refractivity contribution < 1.29 is 9.47 Å². The predicted octanol–water partition coefficient (Wildman–Crippen LogP) is 1.99. The van der Waals surface area contributed by atoms with Gasteiger partial charge in [0.15, 0.2) is 10.6 Å². The second kappa shape index (κ2) is 6.49. The second-order valence-corrected chi connectivity index (χ2v) is 6.92. The Hall–Kier alpha value is -0.210. The van der Waals surface area contributed by atoms with Gasteiger partial charge in [-0.25, -0.2) is 0 Å². The van der Waals surface area contributed by atoms with Crippen molar-refractivity contribution in [2.75, 3.05) is 26.0 Å². The highest BCUT2D eigenvalue weighted by Gasteiger charge is 2.34. The van der Waals surface area contributed by atoms with Crippen molar-refractivity contribution in [3.05, 3.63) is 5.01 Å². The number of aromatic nitrogens is 2. The molecule has 7 heteroatoms. The van der Waals surface area contributed by atoms with Crippen molar-refractivity contribution in [3.63, 3.8) is 0 Å². The molecule has 19 heavy (non-hydrogen) atoms. The zero-order valence-electron chi connectivity index (χ0n) is 11.1. The quantitative estimate of drug-likeness (QED) is 0.793. The van der Waals surface area contributed by atoms with Gasteiger partial charge < -0.3 is 9.47 Å². The van der Waals surface area contributed by atoms with Gasteiger partial charge in [0.25, 0.3) is 0 Å². The molecule has 1 unspecified atom stereocenters. The maximum atomic E-state index is 5.69. The molecule has 3 rings (SSSR count). The van der Waals surface area contributed by atoms with Crippen molar-refractivity contribution in [2.24, 2.45) is 0 Å². The number of nitrogens with zero attached hydrogens (tertiary/aromatic N) is 3. The summed E-state index contributed by atoms with van der Waals surface area (Å²) in [6, 6.07) is 0.373. The van der Waals surface area contributed by atoms with Crippen LogP contribution in [0.3, 0.4) is 0 Å². The van der Waals surface area contributed by atoms with E-state index in [2.05, 4.69) is 15.1 Å². The van der Waals surface area contributed by atoms with Crippen LogP contribution < -0.4 is 0 Å². The lowest BCUT2D eigenvalue weighted by atomic mass is 10.0. The zero-order valence-corrected chi connectivity index (χ0v) is 12.7. The third-order valence-corrected chi connectivity index (χ3v) is 5.47. The number of hydrogen-bond donors (Lipinski definition) is 0. The Morgan fingerprint density at radius 3 is 2.89 bits per heavy atom. The van der Waals surface area contributed by atoms with Crippen molar-refractivity contribution in [2.45, 2.75) is 42.5 Å². The van der Waals surface area contributed by atoms with E-state index < -0.39 is 0 Å². The van der Waals surface area contributed by atoms with Gasteiger partial charge in [0.1, 0.15) is 5.01 Å². The van der Waals surface area contributed by atoms with Gasteiger partial charge in [-0.05, 0) is 25.6 Å². The fourth-order valence-electron chi connectivity index (χ4n) is 2.68. The number of rotatable bonds is 4. The van der Waals surface area contributed by atoms with E-state index >= 15 is 0 Å². The minimum Gasteiger partial charge on any atom is -0.349 e. The topological polar surface area (TPSA) is 47.5 Å². The number of ether oxygens (including phenoxy) is 2. The van der Waals surface area contributed by atoms with Crippen LogP contribution in [0.1, 0.15) is 24.3 Å². The van der Waals surface area contributed by atoms with Crippen LogP contribution in [0.25, 0.3) is 0 Å². The van der Waals surface area contributed by atoms with Gasteiger partial charge in [0.05, 0.1) is 25.8 Å². The summed E-state index contributed by atoms with van der Waals surface area (Å²) in [5.41, 5.74) is 0. The molecule has 2 aliphatic rings. The van der Waals surface area contributed by atoms with Crippen molar-refractivity contribution in [1.82, 2.24) is 15.1 Å². The van der Waals surface area contributed by atoms with Gasteiger partial charge in [-0.1, -0.05) is 29.5 Å². The molecule has 2 fully saturated rings. The minimum atomic E-state index is -0.0479. The fourth-order valence-corrected chi connectivity index (χ4v) is 4.02. The molecule has 0 amide bonds. The van der Waals surface area contributed by atoms with E-state index in [0.717, 1.165) is 42.1 Å². The standard InChI is InChI=1S/C12H19N3O2S2/c1-18-12-14-13-10(19-12)8-15-5-3-2-4-9(15)11-16-6-7-17-11/h9,11H,2-8H2,1H3. The molecule has 2 aliphatic heterocycles. The summed E-state index contributed by atoms with van der Waals surface area (Å²) in [5, 5.41) is 9.52. The Morgan fingerprint density at radius 2 is 2.16 bits per heavy atom. The monoisotopic (exact) mass is 301 g/mol. The lowest BCUT2D eigenvalue weighted by Crippen LogP contribution is -2.46. The van der Waals surface area contributed by atoms with E-state index in [4.69, 9.17) is 9.47 Å². The molecule has 0 aromatic carbocycles. The normalized spacial score (nSPS) is 26.1. The van der Waals surface area contributed by atoms with Crippen LogP contribution in [-0.4, -0.2) is 53.4 Å². The van der Waals surface area contributed by atoms with Crippen LogP contribution in [0.15, 0.2) is 4.34 Å². The molecule has 1 atom stereocenters. The highest BCUT2D eigenvalue weighted by atomic mass is 32.2. The van der Waals surface area contributed by atoms with Gasteiger partial charge in [0.2, 0.25) is 0 Å². The van der Waals surface area contributed by atoms with E-state index in [-0.39, 0.29) is 6.29 Å². The lowest BCUT2D eigenvalue weighted by Gasteiger charge is -2.37. The third kappa shape index (κ3) is 3.28. The molecule has 3 heterocycles. The highest BCUT2D eigenvalue weighted by molar-refractivity contribution is 8.00. The van der Waals surface area contributed by atoms with Crippen LogP contribution in [0.5, 0.6) is 0 Å². The first kappa shape index (κ1) is 13.8. The lowest BCUT2D eigenvalue weighted by molar-refractivity contribution is -0.111. The Labute approximate surface area is 121 Å². The summed E-state index contributed by atoms with van der Waals surface area (Å²) in [4.78, 5) is 2.45. The van der Waals surface area contributed by atoms with Gasteiger partial charge >= 0.3 is 0 Å². The van der Waals surface area contributed by atoms with Gasteiger partial charge in [-0.2, -0.15) is 0 Å². The van der Waals surface area contributed by atoms with E-state index in [0.29, 0.717) is 6.04 Å². The molecule has 0 radical (unpaired) electrons. The first-order valence-electron chi connectivity index (χ1n) is 6.70. The first-order chi connectivity index (χ1) is 9.36. The summed E-state index contributed by atoms with van der Waals surface area (Å²) >= 11 is 3.34. The van der Waals surface area contributed by atoms with Crippen LogP contribution >= 0.6 is 23.1 Å². The first-order valence-corrected chi connectivity index (χ1v) is 8.74. The van der Waals surface area contributed by atoms with Crippen LogP contribution in [0.4, 0.5) is 0 Å². The smallest absolute Gasteiger partial charge is 0.174 e.